The van der Waals surface area contributed by atoms with Gasteiger partial charge >= 0.3 is 0 Å². The predicted molar refractivity (Wildman–Crippen MR) is 123 cm³/mol. The highest BCUT2D eigenvalue weighted by Gasteiger charge is 2.16. The molecule has 3 aromatic carbocycles. The first kappa shape index (κ1) is 18.6. The van der Waals surface area contributed by atoms with E-state index < -0.39 is 0 Å². The molecule has 4 nitrogen and oxygen atoms in total. The molecule has 0 fully saturated rings. The van der Waals surface area contributed by atoms with Gasteiger partial charge in [-0.05, 0) is 55.2 Å². The molecule has 5 aromatic rings. The summed E-state index contributed by atoms with van der Waals surface area (Å²) in [5.41, 5.74) is 7.34. The lowest BCUT2D eigenvalue weighted by Gasteiger charge is -2.21. The Labute approximate surface area is 176 Å². The van der Waals surface area contributed by atoms with Gasteiger partial charge in [-0.2, -0.15) is 0 Å². The maximum atomic E-state index is 4.59. The molecule has 1 unspecified atom stereocenters. The number of fused-ring (bicyclic) bond motifs is 2. The zero-order valence-electron chi connectivity index (χ0n) is 17.3. The third-order valence-corrected chi connectivity index (χ3v) is 6.05. The monoisotopic (exact) mass is 394 g/mol. The van der Waals surface area contributed by atoms with Crippen LogP contribution in [0.1, 0.15) is 29.9 Å². The highest BCUT2D eigenvalue weighted by Crippen LogP contribution is 2.28. The SMILES string of the molecule is Cc1ccccc1C(CCCn1cnc2ccccc21)Cn1cnc2ccccc21. The topological polar surface area (TPSA) is 35.6 Å². The van der Waals surface area contributed by atoms with Gasteiger partial charge in [0.05, 0.1) is 34.7 Å². The van der Waals surface area contributed by atoms with Crippen LogP contribution in [0.3, 0.4) is 0 Å². The number of imidazole rings is 2. The van der Waals surface area contributed by atoms with E-state index in [1.807, 2.05) is 24.8 Å². The van der Waals surface area contributed by atoms with Gasteiger partial charge in [-0.15, -0.1) is 0 Å². The number of aryl methyl sites for hydroxylation is 2. The molecule has 4 heteroatoms. The Bertz CT molecular complexity index is 1280. The van der Waals surface area contributed by atoms with Crippen LogP contribution in [0.2, 0.25) is 0 Å². The summed E-state index contributed by atoms with van der Waals surface area (Å²) in [7, 11) is 0. The third-order valence-electron chi connectivity index (χ3n) is 6.05. The third kappa shape index (κ3) is 3.61. The van der Waals surface area contributed by atoms with Crippen molar-refractivity contribution in [2.45, 2.75) is 38.8 Å². The molecule has 0 aliphatic heterocycles. The molecule has 30 heavy (non-hydrogen) atoms. The molecule has 2 heterocycles. The van der Waals surface area contributed by atoms with Gasteiger partial charge in [0, 0.05) is 19.0 Å². The minimum absolute atomic E-state index is 0.443. The second kappa shape index (κ2) is 8.15. The summed E-state index contributed by atoms with van der Waals surface area (Å²) >= 11 is 0. The smallest absolute Gasteiger partial charge is 0.0958 e. The second-order valence-corrected chi connectivity index (χ2v) is 8.01. The minimum atomic E-state index is 0.443. The average molecular weight is 395 g/mol. The zero-order chi connectivity index (χ0) is 20.3. The van der Waals surface area contributed by atoms with Crippen molar-refractivity contribution < 1.29 is 0 Å². The van der Waals surface area contributed by atoms with E-state index >= 15 is 0 Å². The van der Waals surface area contributed by atoms with Crippen LogP contribution < -0.4 is 0 Å². The fourth-order valence-corrected chi connectivity index (χ4v) is 4.48. The van der Waals surface area contributed by atoms with E-state index in [2.05, 4.69) is 86.7 Å². The summed E-state index contributed by atoms with van der Waals surface area (Å²) in [5, 5.41) is 0. The van der Waals surface area contributed by atoms with Crippen LogP contribution >= 0.6 is 0 Å². The standard InChI is InChI=1S/C26H26N4/c1-20-9-2-3-11-22(20)21(17-30-19-28-24-13-5-7-15-26(24)30)10-8-16-29-18-27-23-12-4-6-14-25(23)29/h2-7,9,11-15,18-19,21H,8,10,16-17H2,1H3. The number of para-hydroxylation sites is 4. The van der Waals surface area contributed by atoms with Crippen molar-refractivity contribution in [2.24, 2.45) is 0 Å². The molecule has 5 rings (SSSR count). The molecule has 150 valence electrons. The highest BCUT2D eigenvalue weighted by molar-refractivity contribution is 5.75. The fraction of sp³-hybridized carbons (Fsp3) is 0.231. The number of benzene rings is 3. The van der Waals surface area contributed by atoms with Crippen LogP contribution in [0.5, 0.6) is 0 Å². The summed E-state index contributed by atoms with van der Waals surface area (Å²) in [6, 6.07) is 25.5. The van der Waals surface area contributed by atoms with Crippen LogP contribution in [-0.2, 0) is 13.1 Å². The Morgan fingerprint density at radius 2 is 1.33 bits per heavy atom. The molecule has 1 atom stereocenters. The molecule has 0 aliphatic rings. The first-order chi connectivity index (χ1) is 14.8. The lowest BCUT2D eigenvalue weighted by molar-refractivity contribution is 0.490. The molecule has 0 N–H and O–H groups in total. The number of hydrogen-bond acceptors (Lipinski definition) is 2. The van der Waals surface area contributed by atoms with Gasteiger partial charge in [0.2, 0.25) is 0 Å². The molecule has 0 aliphatic carbocycles. The Morgan fingerprint density at radius 3 is 2.07 bits per heavy atom. The van der Waals surface area contributed by atoms with Gasteiger partial charge in [0.1, 0.15) is 0 Å². The molecule has 2 aromatic heterocycles. The summed E-state index contributed by atoms with van der Waals surface area (Å²) < 4.78 is 4.58. The highest BCUT2D eigenvalue weighted by atomic mass is 15.1. The second-order valence-electron chi connectivity index (χ2n) is 8.01. The molecule has 0 radical (unpaired) electrons. The van der Waals surface area contributed by atoms with Crippen molar-refractivity contribution in [1.29, 1.82) is 0 Å². The number of nitrogens with zero attached hydrogens (tertiary/aromatic N) is 4. The Kier molecular flexibility index (Phi) is 5.06. The number of aromatic nitrogens is 4. The largest absolute Gasteiger partial charge is 0.331 e. The van der Waals surface area contributed by atoms with Gasteiger partial charge in [-0.25, -0.2) is 9.97 Å². The van der Waals surface area contributed by atoms with Gasteiger partial charge < -0.3 is 9.13 Å². The van der Waals surface area contributed by atoms with E-state index in [0.717, 1.165) is 37.0 Å². The van der Waals surface area contributed by atoms with Crippen LogP contribution in [0.15, 0.2) is 85.5 Å². The fourth-order valence-electron chi connectivity index (χ4n) is 4.48. The molecule has 0 saturated carbocycles. The molecule has 0 bridgehead atoms. The van der Waals surface area contributed by atoms with Gasteiger partial charge in [0.25, 0.3) is 0 Å². The van der Waals surface area contributed by atoms with Crippen molar-refractivity contribution in [3.63, 3.8) is 0 Å². The van der Waals surface area contributed by atoms with E-state index in [0.29, 0.717) is 5.92 Å². The Balaban J connectivity index is 1.38. The van der Waals surface area contributed by atoms with Gasteiger partial charge in [-0.3, -0.25) is 0 Å². The van der Waals surface area contributed by atoms with Crippen molar-refractivity contribution in [2.75, 3.05) is 0 Å². The van der Waals surface area contributed by atoms with Crippen molar-refractivity contribution >= 4 is 22.1 Å². The summed E-state index contributed by atoms with van der Waals surface area (Å²) in [4.78, 5) is 9.13. The van der Waals surface area contributed by atoms with Crippen LogP contribution in [0.4, 0.5) is 0 Å². The first-order valence-corrected chi connectivity index (χ1v) is 10.6. The van der Waals surface area contributed by atoms with Crippen molar-refractivity contribution in [3.8, 4) is 0 Å². The summed E-state index contributed by atoms with van der Waals surface area (Å²) in [5.74, 6) is 0.443. The van der Waals surface area contributed by atoms with E-state index in [1.54, 1.807) is 0 Å². The van der Waals surface area contributed by atoms with E-state index in [-0.39, 0.29) is 0 Å². The van der Waals surface area contributed by atoms with E-state index in [4.69, 9.17) is 0 Å². The maximum Gasteiger partial charge on any atom is 0.0958 e. The normalized spacial score (nSPS) is 12.6. The Hall–Kier alpha value is -3.40. The molecule has 0 spiro atoms. The minimum Gasteiger partial charge on any atom is -0.331 e. The number of hydrogen-bond donors (Lipinski definition) is 0. The molecular formula is C26H26N4. The average Bonchev–Trinajstić information content (AvgIpc) is 3.38. The van der Waals surface area contributed by atoms with Crippen molar-refractivity contribution in [1.82, 2.24) is 19.1 Å². The van der Waals surface area contributed by atoms with Crippen molar-refractivity contribution in [3.05, 3.63) is 96.6 Å². The molecule has 0 amide bonds. The Morgan fingerprint density at radius 1 is 0.733 bits per heavy atom. The lowest BCUT2D eigenvalue weighted by atomic mass is 9.90. The first-order valence-electron chi connectivity index (χ1n) is 10.6. The molecular weight excluding hydrogens is 368 g/mol. The van der Waals surface area contributed by atoms with Gasteiger partial charge in [-0.1, -0.05) is 48.5 Å². The summed E-state index contributed by atoms with van der Waals surface area (Å²) in [6.07, 6.45) is 6.17. The zero-order valence-corrected chi connectivity index (χ0v) is 17.3. The van der Waals surface area contributed by atoms with E-state index in [9.17, 15) is 0 Å². The van der Waals surface area contributed by atoms with Crippen LogP contribution in [-0.4, -0.2) is 19.1 Å². The lowest BCUT2D eigenvalue weighted by Crippen LogP contribution is -2.11. The molecule has 0 saturated heterocycles. The predicted octanol–water partition coefficient (Wildman–Crippen LogP) is 5.96. The van der Waals surface area contributed by atoms with Crippen LogP contribution in [0, 0.1) is 6.92 Å². The number of rotatable bonds is 7. The van der Waals surface area contributed by atoms with Crippen LogP contribution in [0.25, 0.3) is 22.1 Å². The van der Waals surface area contributed by atoms with Gasteiger partial charge in [0.15, 0.2) is 0 Å². The summed E-state index contributed by atoms with van der Waals surface area (Å²) in [6.45, 7) is 4.14. The van der Waals surface area contributed by atoms with E-state index in [1.165, 1.54) is 22.2 Å². The quantitative estimate of drug-likeness (QED) is 0.341. The maximum absolute atomic E-state index is 4.59.